The van der Waals surface area contributed by atoms with Gasteiger partial charge >= 0.3 is 0 Å². The van der Waals surface area contributed by atoms with E-state index >= 15 is 0 Å². The number of aromatic hydroxyl groups is 1. The molecule has 0 heterocycles. The zero-order valence-electron chi connectivity index (χ0n) is 15.9. The molecule has 2 N–H and O–H groups in total. The van der Waals surface area contributed by atoms with Crippen LogP contribution >= 0.6 is 0 Å². The average molecular weight is 397 g/mol. The molecule has 146 valence electrons. The quantitative estimate of drug-likeness (QED) is 0.557. The molecule has 3 rings (SSSR count). The molecule has 2 unspecified atom stereocenters. The Morgan fingerprint density at radius 1 is 0.857 bits per heavy atom. The highest BCUT2D eigenvalue weighted by Gasteiger charge is 2.26. The molecule has 0 aromatic heterocycles. The van der Waals surface area contributed by atoms with E-state index in [1.807, 2.05) is 48.5 Å². The summed E-state index contributed by atoms with van der Waals surface area (Å²) in [6.45, 7) is 3.74. The molecular weight excluding hydrogens is 372 g/mol. The average Bonchev–Trinajstić information content (AvgIpc) is 2.67. The Labute approximate surface area is 166 Å². The van der Waals surface area contributed by atoms with Crippen LogP contribution < -0.4 is 0 Å². The van der Waals surface area contributed by atoms with Crippen molar-refractivity contribution in [3.8, 4) is 5.75 Å². The second kappa shape index (κ2) is 8.17. The lowest BCUT2D eigenvalue weighted by molar-refractivity contribution is 0.456. The molecular formula is C23H24O4S. The van der Waals surface area contributed by atoms with Crippen molar-refractivity contribution < 1.29 is 18.1 Å². The zero-order chi connectivity index (χ0) is 20.3. The minimum absolute atomic E-state index is 0.0269. The monoisotopic (exact) mass is 396 g/mol. The lowest BCUT2D eigenvalue weighted by Gasteiger charge is -2.25. The highest BCUT2D eigenvalue weighted by atomic mass is 32.2. The van der Waals surface area contributed by atoms with Gasteiger partial charge in [0.2, 0.25) is 0 Å². The molecule has 0 fully saturated rings. The van der Waals surface area contributed by atoms with E-state index in [1.165, 1.54) is 17.7 Å². The molecule has 0 aliphatic rings. The Morgan fingerprint density at radius 2 is 1.39 bits per heavy atom. The molecule has 0 amide bonds. The SMILES string of the molecule is Cc1c(S(=O)(=O)O)ccc(O)c1C(CC(C)c1ccccc1)c1ccccc1. The third kappa shape index (κ3) is 4.26. The van der Waals surface area contributed by atoms with E-state index in [9.17, 15) is 18.1 Å². The van der Waals surface area contributed by atoms with Crippen LogP contribution in [0.2, 0.25) is 0 Å². The predicted octanol–water partition coefficient (Wildman–Crippen LogP) is 5.27. The third-order valence-electron chi connectivity index (χ3n) is 5.23. The summed E-state index contributed by atoms with van der Waals surface area (Å²) in [5.41, 5.74) is 3.06. The van der Waals surface area contributed by atoms with E-state index in [0.717, 1.165) is 5.56 Å². The Balaban J connectivity index is 2.13. The van der Waals surface area contributed by atoms with Crippen molar-refractivity contribution in [2.75, 3.05) is 0 Å². The molecule has 0 aliphatic carbocycles. The van der Waals surface area contributed by atoms with Crippen LogP contribution in [-0.4, -0.2) is 18.1 Å². The first-order valence-corrected chi connectivity index (χ1v) is 10.6. The number of rotatable bonds is 6. The molecule has 0 saturated carbocycles. The van der Waals surface area contributed by atoms with Crippen molar-refractivity contribution in [3.05, 3.63) is 95.1 Å². The van der Waals surface area contributed by atoms with Crippen molar-refractivity contribution in [1.29, 1.82) is 0 Å². The van der Waals surface area contributed by atoms with Crippen LogP contribution in [0.25, 0.3) is 0 Å². The fourth-order valence-corrected chi connectivity index (χ4v) is 4.53. The summed E-state index contributed by atoms with van der Waals surface area (Å²) in [5.74, 6) is -0.0169. The third-order valence-corrected chi connectivity index (χ3v) is 6.23. The fraction of sp³-hybridized carbons (Fsp3) is 0.217. The van der Waals surface area contributed by atoms with E-state index in [2.05, 4.69) is 19.1 Å². The lowest BCUT2D eigenvalue weighted by Crippen LogP contribution is -2.11. The second-order valence-electron chi connectivity index (χ2n) is 7.11. The first kappa shape index (κ1) is 20.1. The van der Waals surface area contributed by atoms with Crippen LogP contribution in [0, 0.1) is 6.92 Å². The second-order valence-corrected chi connectivity index (χ2v) is 8.50. The van der Waals surface area contributed by atoms with Gasteiger partial charge in [0.1, 0.15) is 5.75 Å². The topological polar surface area (TPSA) is 74.6 Å². The van der Waals surface area contributed by atoms with Gasteiger partial charge in [-0.3, -0.25) is 4.55 Å². The van der Waals surface area contributed by atoms with Gasteiger partial charge in [0, 0.05) is 11.5 Å². The molecule has 0 radical (unpaired) electrons. The molecule has 0 spiro atoms. The summed E-state index contributed by atoms with van der Waals surface area (Å²) in [6.07, 6.45) is 0.678. The van der Waals surface area contributed by atoms with Crippen molar-refractivity contribution in [2.24, 2.45) is 0 Å². The van der Waals surface area contributed by atoms with Crippen molar-refractivity contribution in [2.45, 2.75) is 37.0 Å². The maximum Gasteiger partial charge on any atom is 0.294 e. The van der Waals surface area contributed by atoms with Crippen LogP contribution in [0.15, 0.2) is 77.7 Å². The van der Waals surface area contributed by atoms with Gasteiger partial charge in [0.05, 0.1) is 4.90 Å². The van der Waals surface area contributed by atoms with Crippen molar-refractivity contribution in [1.82, 2.24) is 0 Å². The Hall–Kier alpha value is -2.63. The standard InChI is InChI=1S/C23H24O4S/c1-16(18-9-5-3-6-10-18)15-20(19-11-7-4-8-12-19)23-17(2)22(28(25,26)27)14-13-21(23)24/h3-14,16,20,24H,15H2,1-2H3,(H,25,26,27). The molecule has 0 bridgehead atoms. The highest BCUT2D eigenvalue weighted by molar-refractivity contribution is 7.85. The summed E-state index contributed by atoms with van der Waals surface area (Å²) in [4.78, 5) is -0.173. The van der Waals surface area contributed by atoms with Crippen molar-refractivity contribution in [3.63, 3.8) is 0 Å². The first-order chi connectivity index (χ1) is 13.3. The Bertz CT molecular complexity index is 1040. The minimum atomic E-state index is -4.38. The van der Waals surface area contributed by atoms with Crippen LogP contribution in [0.1, 0.15) is 47.4 Å². The lowest BCUT2D eigenvalue weighted by atomic mass is 9.80. The molecule has 5 heteroatoms. The Morgan fingerprint density at radius 3 is 1.93 bits per heavy atom. The summed E-state index contributed by atoms with van der Waals surface area (Å²) < 4.78 is 33.2. The van der Waals surface area contributed by atoms with Gasteiger partial charge in [0.15, 0.2) is 0 Å². The summed E-state index contributed by atoms with van der Waals surface area (Å²) in [7, 11) is -4.38. The van der Waals surface area contributed by atoms with Crippen LogP contribution in [0.3, 0.4) is 0 Å². The molecule has 3 aromatic rings. The summed E-state index contributed by atoms with van der Waals surface area (Å²) in [6, 6.07) is 22.4. The predicted molar refractivity (Wildman–Crippen MR) is 110 cm³/mol. The number of phenols is 1. The molecule has 0 aliphatic heterocycles. The van der Waals surface area contributed by atoms with Gasteiger partial charge in [-0.15, -0.1) is 0 Å². The maximum absolute atomic E-state index is 11.8. The van der Waals surface area contributed by atoms with Gasteiger partial charge < -0.3 is 5.11 Å². The summed E-state index contributed by atoms with van der Waals surface area (Å²) >= 11 is 0. The zero-order valence-corrected chi connectivity index (χ0v) is 16.7. The van der Waals surface area contributed by atoms with E-state index in [4.69, 9.17) is 0 Å². The van der Waals surface area contributed by atoms with Crippen LogP contribution in [-0.2, 0) is 10.1 Å². The van der Waals surface area contributed by atoms with Crippen LogP contribution in [0.5, 0.6) is 5.75 Å². The van der Waals surface area contributed by atoms with E-state index in [-0.39, 0.29) is 22.5 Å². The van der Waals surface area contributed by atoms with Gasteiger partial charge in [-0.1, -0.05) is 67.6 Å². The highest BCUT2D eigenvalue weighted by Crippen LogP contribution is 2.41. The van der Waals surface area contributed by atoms with Gasteiger partial charge in [-0.25, -0.2) is 0 Å². The maximum atomic E-state index is 11.8. The van der Waals surface area contributed by atoms with Gasteiger partial charge in [-0.05, 0) is 48.1 Å². The molecule has 28 heavy (non-hydrogen) atoms. The van der Waals surface area contributed by atoms with Gasteiger partial charge in [0.25, 0.3) is 10.1 Å². The van der Waals surface area contributed by atoms with E-state index < -0.39 is 10.1 Å². The van der Waals surface area contributed by atoms with E-state index in [0.29, 0.717) is 17.5 Å². The number of benzene rings is 3. The van der Waals surface area contributed by atoms with Gasteiger partial charge in [-0.2, -0.15) is 8.42 Å². The molecule has 4 nitrogen and oxygen atoms in total. The number of hydrogen-bond acceptors (Lipinski definition) is 3. The van der Waals surface area contributed by atoms with Crippen molar-refractivity contribution >= 4 is 10.1 Å². The molecule has 0 saturated heterocycles. The first-order valence-electron chi connectivity index (χ1n) is 9.19. The number of hydrogen-bond donors (Lipinski definition) is 2. The largest absolute Gasteiger partial charge is 0.508 e. The smallest absolute Gasteiger partial charge is 0.294 e. The molecule has 3 aromatic carbocycles. The fourth-order valence-electron chi connectivity index (χ4n) is 3.79. The number of phenolic OH excluding ortho intramolecular Hbond substituents is 1. The normalized spacial score (nSPS) is 13.8. The molecule has 2 atom stereocenters. The minimum Gasteiger partial charge on any atom is -0.508 e. The summed E-state index contributed by atoms with van der Waals surface area (Å²) in [5, 5.41) is 10.6. The van der Waals surface area contributed by atoms with Crippen LogP contribution in [0.4, 0.5) is 0 Å². The Kier molecular flexibility index (Phi) is 5.87. The van der Waals surface area contributed by atoms with E-state index in [1.54, 1.807) is 6.92 Å².